The van der Waals surface area contributed by atoms with Crippen LogP contribution >= 0.6 is 12.4 Å². The van der Waals surface area contributed by atoms with Crippen molar-refractivity contribution in [2.45, 2.75) is 68.3 Å². The van der Waals surface area contributed by atoms with Crippen LogP contribution in [0.25, 0.3) is 5.78 Å². The second kappa shape index (κ2) is 9.38. The molecule has 2 aromatic rings. The molecule has 190 valence electrons. The summed E-state index contributed by atoms with van der Waals surface area (Å²) >= 11 is 0. The Morgan fingerprint density at radius 1 is 1.24 bits per heavy atom. The molecule has 15 heteroatoms. The third-order valence-corrected chi connectivity index (χ3v) is 6.42. The molecule has 1 aliphatic heterocycles. The van der Waals surface area contributed by atoms with E-state index in [-0.39, 0.29) is 61.8 Å². The number of hydrogen-bond acceptors (Lipinski definition) is 6. The van der Waals surface area contributed by atoms with Gasteiger partial charge in [0.2, 0.25) is 5.92 Å². The molecule has 0 bridgehead atoms. The van der Waals surface area contributed by atoms with Gasteiger partial charge in [0.05, 0.1) is 35.9 Å². The van der Waals surface area contributed by atoms with E-state index in [1.54, 1.807) is 0 Å². The molecule has 3 heterocycles. The number of nitrogens with one attached hydrogen (secondary N) is 2. The number of hydrogen-bond donors (Lipinski definition) is 4. The van der Waals surface area contributed by atoms with Crippen molar-refractivity contribution in [2.75, 3.05) is 6.54 Å². The monoisotopic (exact) mass is 514 g/mol. The fourth-order valence-corrected chi connectivity index (χ4v) is 4.52. The Hall–Kier alpha value is -2.32. The van der Waals surface area contributed by atoms with E-state index in [1.165, 1.54) is 16.9 Å². The van der Waals surface area contributed by atoms with Gasteiger partial charge in [0, 0.05) is 19.3 Å². The largest absolute Gasteiger partial charge is 0.465 e. The van der Waals surface area contributed by atoms with Crippen LogP contribution < -0.4 is 10.6 Å². The van der Waals surface area contributed by atoms with Crippen molar-refractivity contribution < 1.29 is 37.0 Å². The first-order chi connectivity index (χ1) is 15.4. The summed E-state index contributed by atoms with van der Waals surface area (Å²) in [5.74, 6) is -3.18. The SMILES string of the molecule is Cl.O=C(O)N[C@H](c1cn2ncc(C3CC(O)(C(F)(F)F)CCN3)nc2n1)C1CCC(F)(F)CC1. The predicted molar refractivity (Wildman–Crippen MR) is 110 cm³/mol. The molecule has 2 unspecified atom stereocenters. The molecule has 34 heavy (non-hydrogen) atoms. The number of fused-ring (bicyclic) bond motifs is 1. The first-order valence-electron chi connectivity index (χ1n) is 10.5. The van der Waals surface area contributed by atoms with Gasteiger partial charge in [0.15, 0.2) is 5.60 Å². The highest BCUT2D eigenvalue weighted by atomic mass is 35.5. The van der Waals surface area contributed by atoms with E-state index >= 15 is 0 Å². The van der Waals surface area contributed by atoms with E-state index in [0.717, 1.165) is 0 Å². The van der Waals surface area contributed by atoms with E-state index < -0.39 is 54.6 Å². The zero-order valence-electron chi connectivity index (χ0n) is 17.7. The van der Waals surface area contributed by atoms with Crippen molar-refractivity contribution in [2.24, 2.45) is 5.92 Å². The van der Waals surface area contributed by atoms with Crippen molar-refractivity contribution in [1.29, 1.82) is 0 Å². The van der Waals surface area contributed by atoms with Gasteiger partial charge in [-0.2, -0.15) is 18.3 Å². The third-order valence-electron chi connectivity index (χ3n) is 6.42. The number of piperidine rings is 1. The van der Waals surface area contributed by atoms with Crippen molar-refractivity contribution in [3.63, 3.8) is 0 Å². The van der Waals surface area contributed by atoms with Gasteiger partial charge in [0.1, 0.15) is 0 Å². The average Bonchev–Trinajstić information content (AvgIpc) is 3.14. The fraction of sp³-hybridized carbons (Fsp3) is 0.684. The highest BCUT2D eigenvalue weighted by Gasteiger charge is 2.55. The molecule has 3 atom stereocenters. The summed E-state index contributed by atoms with van der Waals surface area (Å²) in [5, 5.41) is 28.6. The Bertz CT molecular complexity index is 1030. The lowest BCUT2D eigenvalue weighted by atomic mass is 9.81. The highest BCUT2D eigenvalue weighted by molar-refractivity contribution is 5.85. The number of alkyl halides is 5. The standard InChI is InChI=1S/C19H23F5N6O3.ClH/c20-18(21)3-1-10(2-4-18)14(29-16(31)32)13-9-30-15(28-13)27-12(8-26-30)11-7-17(33,5-6-25-11)19(22,23)24;/h8-11,14,25,29,33H,1-7H2,(H,31,32);1H/t11?,14-,17?;/m0./s1. The maximum Gasteiger partial charge on any atom is 0.417 e. The van der Waals surface area contributed by atoms with E-state index in [0.29, 0.717) is 0 Å². The normalized spacial score (nSPS) is 26.6. The number of aliphatic hydroxyl groups is 1. The Morgan fingerprint density at radius 3 is 2.53 bits per heavy atom. The van der Waals surface area contributed by atoms with Crippen molar-refractivity contribution in [1.82, 2.24) is 30.2 Å². The molecule has 1 saturated carbocycles. The molecule has 0 spiro atoms. The molecule has 0 radical (unpaired) electrons. The summed E-state index contributed by atoms with van der Waals surface area (Å²) in [6, 6.07) is -1.79. The number of imidazole rings is 1. The molecular weight excluding hydrogens is 491 g/mol. The maximum atomic E-state index is 13.6. The number of aromatic nitrogens is 4. The summed E-state index contributed by atoms with van der Waals surface area (Å²) in [4.78, 5) is 19.9. The molecule has 1 saturated heterocycles. The van der Waals surface area contributed by atoms with E-state index in [4.69, 9.17) is 0 Å². The smallest absolute Gasteiger partial charge is 0.417 e. The van der Waals surface area contributed by atoms with Crippen LogP contribution in [0.5, 0.6) is 0 Å². The molecule has 0 aromatic carbocycles. The number of rotatable bonds is 4. The van der Waals surface area contributed by atoms with Gasteiger partial charge in [-0.25, -0.2) is 28.1 Å². The number of halogens is 6. The van der Waals surface area contributed by atoms with Gasteiger partial charge in [-0.15, -0.1) is 12.4 Å². The van der Waals surface area contributed by atoms with Crippen LogP contribution in [0, 0.1) is 5.92 Å². The van der Waals surface area contributed by atoms with Gasteiger partial charge >= 0.3 is 12.3 Å². The minimum atomic E-state index is -4.79. The summed E-state index contributed by atoms with van der Waals surface area (Å²) in [5.41, 5.74) is -2.48. The topological polar surface area (TPSA) is 125 Å². The fourth-order valence-electron chi connectivity index (χ4n) is 4.52. The van der Waals surface area contributed by atoms with Gasteiger partial charge < -0.3 is 20.8 Å². The third kappa shape index (κ3) is 5.33. The highest BCUT2D eigenvalue weighted by Crippen LogP contribution is 2.42. The van der Waals surface area contributed by atoms with Crippen LogP contribution in [0.3, 0.4) is 0 Å². The lowest BCUT2D eigenvalue weighted by Gasteiger charge is -2.38. The van der Waals surface area contributed by atoms with E-state index in [9.17, 15) is 37.0 Å². The van der Waals surface area contributed by atoms with Gasteiger partial charge in [-0.05, 0) is 31.7 Å². The maximum absolute atomic E-state index is 13.6. The summed E-state index contributed by atoms with van der Waals surface area (Å²) in [7, 11) is 0. The van der Waals surface area contributed by atoms with Gasteiger partial charge in [0.25, 0.3) is 5.78 Å². The molecule has 4 rings (SSSR count). The number of carbonyl (C=O) groups is 1. The average molecular weight is 515 g/mol. The number of nitrogens with zero attached hydrogens (tertiary/aromatic N) is 4. The van der Waals surface area contributed by atoms with Crippen LogP contribution in [0.2, 0.25) is 0 Å². The molecule has 1 amide bonds. The molecular formula is C19H24ClF5N6O3. The molecule has 2 aromatic heterocycles. The molecule has 4 N–H and O–H groups in total. The molecule has 1 aliphatic carbocycles. The second-order valence-corrected chi connectivity index (χ2v) is 8.70. The number of carboxylic acid groups (broad SMARTS) is 1. The zero-order valence-corrected chi connectivity index (χ0v) is 18.5. The van der Waals surface area contributed by atoms with Crippen LogP contribution in [0.4, 0.5) is 26.7 Å². The van der Waals surface area contributed by atoms with Crippen molar-refractivity contribution >= 4 is 24.3 Å². The zero-order chi connectivity index (χ0) is 24.0. The van der Waals surface area contributed by atoms with E-state index in [2.05, 4.69) is 25.7 Å². The Labute approximate surface area is 196 Å². The molecule has 9 nitrogen and oxygen atoms in total. The van der Waals surface area contributed by atoms with Crippen LogP contribution in [-0.2, 0) is 0 Å². The Morgan fingerprint density at radius 2 is 1.91 bits per heavy atom. The van der Waals surface area contributed by atoms with Crippen molar-refractivity contribution in [3.05, 3.63) is 23.8 Å². The minimum Gasteiger partial charge on any atom is -0.465 e. The summed E-state index contributed by atoms with van der Waals surface area (Å²) in [6.07, 6.45) is -5.13. The van der Waals surface area contributed by atoms with Crippen molar-refractivity contribution in [3.8, 4) is 0 Å². The lowest BCUT2D eigenvalue weighted by molar-refractivity contribution is -0.271. The van der Waals surface area contributed by atoms with E-state index in [1.807, 2.05) is 0 Å². The Balaban J connectivity index is 0.00000324. The second-order valence-electron chi connectivity index (χ2n) is 8.70. The molecule has 2 fully saturated rings. The minimum absolute atomic E-state index is 0. The van der Waals surface area contributed by atoms with Gasteiger partial charge in [-0.1, -0.05) is 0 Å². The quantitative estimate of drug-likeness (QED) is 0.461. The summed E-state index contributed by atoms with van der Waals surface area (Å²) in [6.45, 7) is -0.0792. The molecule has 2 aliphatic rings. The Kier molecular flexibility index (Phi) is 7.25. The van der Waals surface area contributed by atoms with Crippen LogP contribution in [0.1, 0.15) is 62.0 Å². The first kappa shape index (κ1) is 26.3. The predicted octanol–water partition coefficient (Wildman–Crippen LogP) is 3.40. The van der Waals surface area contributed by atoms with Crippen LogP contribution in [0.15, 0.2) is 12.4 Å². The summed E-state index contributed by atoms with van der Waals surface area (Å²) < 4.78 is 68.1. The first-order valence-corrected chi connectivity index (χ1v) is 10.5. The number of amides is 1. The van der Waals surface area contributed by atoms with Crippen LogP contribution in [-0.4, -0.2) is 60.1 Å². The lowest BCUT2D eigenvalue weighted by Crippen LogP contribution is -2.53. The van der Waals surface area contributed by atoms with Gasteiger partial charge in [-0.3, -0.25) is 0 Å².